The lowest BCUT2D eigenvalue weighted by atomic mass is 10.0. The summed E-state index contributed by atoms with van der Waals surface area (Å²) in [6.07, 6.45) is 0. The van der Waals surface area contributed by atoms with Gasteiger partial charge in [0, 0.05) is 16.3 Å². The molecule has 2 aromatic heterocycles. The number of carbonyl (C=O) groups is 1. The molecule has 2 aromatic rings. The SMILES string of the molecule is Cc1ccc(-c2csc(NC(=O)C(C)C(C)N)n2)s1. The number of amides is 1. The van der Waals surface area contributed by atoms with Crippen molar-refractivity contribution in [2.75, 3.05) is 5.32 Å². The molecule has 0 saturated carbocycles. The second-order valence-corrected chi connectivity index (χ2v) is 6.73. The molecule has 4 nitrogen and oxygen atoms in total. The van der Waals surface area contributed by atoms with Crippen LogP contribution in [0, 0.1) is 12.8 Å². The minimum Gasteiger partial charge on any atom is -0.327 e. The van der Waals surface area contributed by atoms with E-state index in [4.69, 9.17) is 5.73 Å². The maximum absolute atomic E-state index is 11.9. The van der Waals surface area contributed by atoms with Crippen LogP contribution in [-0.4, -0.2) is 16.9 Å². The summed E-state index contributed by atoms with van der Waals surface area (Å²) in [5.74, 6) is -0.311. The average molecular weight is 295 g/mol. The molecule has 2 atom stereocenters. The summed E-state index contributed by atoms with van der Waals surface area (Å²) in [4.78, 5) is 18.7. The molecule has 0 saturated heterocycles. The minimum absolute atomic E-state index is 0.0849. The van der Waals surface area contributed by atoms with Crippen molar-refractivity contribution in [3.8, 4) is 10.6 Å². The predicted molar refractivity (Wildman–Crippen MR) is 81.6 cm³/mol. The minimum atomic E-state index is -0.226. The van der Waals surface area contributed by atoms with Gasteiger partial charge in [-0.05, 0) is 26.0 Å². The number of nitrogens with two attached hydrogens (primary N) is 1. The smallest absolute Gasteiger partial charge is 0.230 e. The van der Waals surface area contributed by atoms with Crippen LogP contribution >= 0.6 is 22.7 Å². The first kappa shape index (κ1) is 14.2. The van der Waals surface area contributed by atoms with Crippen LogP contribution in [0.3, 0.4) is 0 Å². The molecule has 3 N–H and O–H groups in total. The zero-order valence-corrected chi connectivity index (χ0v) is 12.8. The maximum Gasteiger partial charge on any atom is 0.230 e. The molecule has 0 radical (unpaired) electrons. The number of hydrogen-bond acceptors (Lipinski definition) is 5. The van der Waals surface area contributed by atoms with Crippen LogP contribution in [0.5, 0.6) is 0 Å². The summed E-state index contributed by atoms with van der Waals surface area (Å²) in [6.45, 7) is 5.70. The van der Waals surface area contributed by atoms with Crippen LogP contribution < -0.4 is 11.1 Å². The molecule has 0 aliphatic rings. The van der Waals surface area contributed by atoms with E-state index in [0.717, 1.165) is 10.6 Å². The molecular weight excluding hydrogens is 278 g/mol. The van der Waals surface area contributed by atoms with E-state index in [2.05, 4.69) is 23.3 Å². The number of nitrogens with zero attached hydrogens (tertiary/aromatic N) is 1. The van der Waals surface area contributed by atoms with E-state index < -0.39 is 0 Å². The maximum atomic E-state index is 11.9. The highest BCUT2D eigenvalue weighted by Crippen LogP contribution is 2.30. The third-order valence-electron chi connectivity index (χ3n) is 2.93. The number of anilines is 1. The summed E-state index contributed by atoms with van der Waals surface area (Å²) in [7, 11) is 0. The van der Waals surface area contributed by atoms with Crippen molar-refractivity contribution in [3.63, 3.8) is 0 Å². The third-order valence-corrected chi connectivity index (χ3v) is 4.71. The van der Waals surface area contributed by atoms with Crippen LogP contribution in [0.2, 0.25) is 0 Å². The van der Waals surface area contributed by atoms with E-state index >= 15 is 0 Å². The van der Waals surface area contributed by atoms with Gasteiger partial charge in [0.05, 0.1) is 16.5 Å². The third kappa shape index (κ3) is 3.40. The molecule has 0 bridgehead atoms. The zero-order chi connectivity index (χ0) is 14.0. The van der Waals surface area contributed by atoms with Crippen LogP contribution in [0.1, 0.15) is 18.7 Å². The number of aromatic nitrogens is 1. The monoisotopic (exact) mass is 295 g/mol. The van der Waals surface area contributed by atoms with E-state index in [1.807, 2.05) is 25.3 Å². The Kier molecular flexibility index (Phi) is 4.34. The molecule has 2 rings (SSSR count). The first-order valence-corrected chi connectivity index (χ1v) is 7.75. The Morgan fingerprint density at radius 2 is 2.16 bits per heavy atom. The molecule has 102 valence electrons. The topological polar surface area (TPSA) is 68.0 Å². The number of rotatable bonds is 4. The van der Waals surface area contributed by atoms with Crippen molar-refractivity contribution < 1.29 is 4.79 Å². The van der Waals surface area contributed by atoms with E-state index in [1.54, 1.807) is 11.3 Å². The average Bonchev–Trinajstić information content (AvgIpc) is 2.96. The Morgan fingerprint density at radius 1 is 1.42 bits per heavy atom. The van der Waals surface area contributed by atoms with Gasteiger partial charge in [0.15, 0.2) is 5.13 Å². The van der Waals surface area contributed by atoms with Gasteiger partial charge < -0.3 is 11.1 Å². The molecular formula is C13H17N3OS2. The number of nitrogens with one attached hydrogen (secondary N) is 1. The molecule has 0 aliphatic carbocycles. The van der Waals surface area contributed by atoms with Crippen LogP contribution in [-0.2, 0) is 4.79 Å². The van der Waals surface area contributed by atoms with Gasteiger partial charge in [-0.15, -0.1) is 22.7 Å². The molecule has 2 heterocycles. The van der Waals surface area contributed by atoms with Gasteiger partial charge in [-0.1, -0.05) is 6.92 Å². The summed E-state index contributed by atoms with van der Waals surface area (Å²) in [5, 5.41) is 5.39. The van der Waals surface area contributed by atoms with E-state index in [9.17, 15) is 4.79 Å². The molecule has 6 heteroatoms. The second kappa shape index (κ2) is 5.81. The Bertz CT molecular complexity index is 574. The van der Waals surface area contributed by atoms with E-state index in [-0.39, 0.29) is 17.9 Å². The molecule has 2 unspecified atom stereocenters. The Morgan fingerprint density at radius 3 is 2.74 bits per heavy atom. The first-order valence-electron chi connectivity index (χ1n) is 6.06. The Hall–Kier alpha value is -1.24. The molecule has 1 amide bonds. The second-order valence-electron chi connectivity index (χ2n) is 4.59. The fourth-order valence-corrected chi connectivity index (χ4v) is 3.09. The number of thiophene rings is 1. The van der Waals surface area contributed by atoms with Gasteiger partial charge in [-0.3, -0.25) is 4.79 Å². The highest BCUT2D eigenvalue weighted by molar-refractivity contribution is 7.17. The van der Waals surface area contributed by atoms with Gasteiger partial charge in [0.2, 0.25) is 5.91 Å². The fraction of sp³-hybridized carbons (Fsp3) is 0.385. The number of thiazole rings is 1. The van der Waals surface area contributed by atoms with Gasteiger partial charge >= 0.3 is 0 Å². The lowest BCUT2D eigenvalue weighted by Crippen LogP contribution is -2.34. The fourth-order valence-electron chi connectivity index (χ4n) is 1.47. The Balaban J connectivity index is 2.08. The normalized spacial score (nSPS) is 14.1. The van der Waals surface area contributed by atoms with Crippen molar-refractivity contribution in [2.24, 2.45) is 11.7 Å². The summed E-state index contributed by atoms with van der Waals surface area (Å²) in [5.41, 5.74) is 6.62. The largest absolute Gasteiger partial charge is 0.327 e. The molecule has 0 fully saturated rings. The summed E-state index contributed by atoms with van der Waals surface area (Å²) < 4.78 is 0. The summed E-state index contributed by atoms with van der Waals surface area (Å²) in [6, 6.07) is 3.94. The standard InChI is InChI=1S/C13H17N3OS2/c1-7-4-5-11(19-7)10-6-18-13(15-10)16-12(17)8(2)9(3)14/h4-6,8-9H,14H2,1-3H3,(H,15,16,17). The molecule has 0 aromatic carbocycles. The van der Waals surface area contributed by atoms with Crippen molar-refractivity contribution in [3.05, 3.63) is 22.4 Å². The van der Waals surface area contributed by atoms with Gasteiger partial charge in [-0.2, -0.15) is 0 Å². The van der Waals surface area contributed by atoms with Gasteiger partial charge in [0.25, 0.3) is 0 Å². The van der Waals surface area contributed by atoms with Gasteiger partial charge in [0.1, 0.15) is 0 Å². The highest BCUT2D eigenvalue weighted by Gasteiger charge is 2.18. The van der Waals surface area contributed by atoms with E-state index in [0.29, 0.717) is 5.13 Å². The lowest BCUT2D eigenvalue weighted by Gasteiger charge is -2.13. The number of carbonyl (C=O) groups excluding carboxylic acids is 1. The van der Waals surface area contributed by atoms with Crippen molar-refractivity contribution in [1.29, 1.82) is 0 Å². The van der Waals surface area contributed by atoms with Crippen molar-refractivity contribution in [2.45, 2.75) is 26.8 Å². The van der Waals surface area contributed by atoms with Crippen LogP contribution in [0.4, 0.5) is 5.13 Å². The van der Waals surface area contributed by atoms with Crippen LogP contribution in [0.25, 0.3) is 10.6 Å². The zero-order valence-electron chi connectivity index (χ0n) is 11.1. The van der Waals surface area contributed by atoms with E-state index in [1.165, 1.54) is 16.2 Å². The quantitative estimate of drug-likeness (QED) is 0.910. The van der Waals surface area contributed by atoms with Crippen molar-refractivity contribution >= 4 is 33.7 Å². The van der Waals surface area contributed by atoms with Crippen LogP contribution in [0.15, 0.2) is 17.5 Å². The first-order chi connectivity index (χ1) is 8.97. The highest BCUT2D eigenvalue weighted by atomic mass is 32.1. The predicted octanol–water partition coefficient (Wildman–Crippen LogP) is 3.10. The molecule has 0 aliphatic heterocycles. The lowest BCUT2D eigenvalue weighted by molar-refractivity contribution is -0.119. The number of hydrogen-bond donors (Lipinski definition) is 2. The number of aryl methyl sites for hydroxylation is 1. The van der Waals surface area contributed by atoms with Crippen molar-refractivity contribution in [1.82, 2.24) is 4.98 Å². The molecule has 0 spiro atoms. The Labute approximate surface area is 120 Å². The van der Waals surface area contributed by atoms with Gasteiger partial charge in [-0.25, -0.2) is 4.98 Å². The molecule has 19 heavy (non-hydrogen) atoms. The summed E-state index contributed by atoms with van der Waals surface area (Å²) >= 11 is 3.13.